The zero-order chi connectivity index (χ0) is 18.6. The second-order valence-electron chi connectivity index (χ2n) is 5.45. The van der Waals surface area contributed by atoms with Crippen molar-refractivity contribution >= 4 is 11.9 Å². The zero-order valence-electron chi connectivity index (χ0n) is 14.0. The number of alkyl halides is 2. The van der Waals surface area contributed by atoms with E-state index < -0.39 is 6.61 Å². The summed E-state index contributed by atoms with van der Waals surface area (Å²) in [4.78, 5) is 12.3. The van der Waals surface area contributed by atoms with Crippen molar-refractivity contribution < 1.29 is 28.2 Å². The van der Waals surface area contributed by atoms with E-state index in [4.69, 9.17) is 4.74 Å². The van der Waals surface area contributed by atoms with Crippen molar-refractivity contribution in [2.75, 3.05) is 7.11 Å². The number of hydrogen-bond donors (Lipinski definition) is 1. The van der Waals surface area contributed by atoms with Crippen molar-refractivity contribution in [2.45, 2.75) is 20.5 Å². The number of rotatable bonds is 6. The third kappa shape index (κ3) is 4.56. The Morgan fingerprint density at radius 2 is 1.76 bits per heavy atom. The van der Waals surface area contributed by atoms with Gasteiger partial charge in [-0.2, -0.15) is 8.78 Å². The van der Waals surface area contributed by atoms with Gasteiger partial charge < -0.3 is 14.6 Å². The molecule has 0 saturated carbocycles. The molecule has 0 aliphatic rings. The van der Waals surface area contributed by atoms with Crippen LogP contribution in [0.4, 0.5) is 8.78 Å². The van der Waals surface area contributed by atoms with E-state index in [-0.39, 0.29) is 28.6 Å². The maximum Gasteiger partial charge on any atom is 0.387 e. The van der Waals surface area contributed by atoms with Crippen LogP contribution in [-0.4, -0.2) is 24.6 Å². The Morgan fingerprint density at radius 1 is 1.12 bits per heavy atom. The number of aromatic hydroxyl groups is 1. The number of carbonyl (C=O) groups is 1. The molecule has 0 amide bonds. The van der Waals surface area contributed by atoms with Gasteiger partial charge in [0.2, 0.25) is 0 Å². The number of benzene rings is 2. The molecule has 2 aromatic rings. The normalized spacial score (nSPS) is 11.1. The van der Waals surface area contributed by atoms with Gasteiger partial charge >= 0.3 is 6.61 Å². The van der Waals surface area contributed by atoms with Gasteiger partial charge in [-0.15, -0.1) is 0 Å². The number of hydrogen-bond acceptors (Lipinski definition) is 4. The lowest BCUT2D eigenvalue weighted by atomic mass is 10.0. The van der Waals surface area contributed by atoms with Crippen LogP contribution in [0.25, 0.3) is 6.08 Å². The van der Waals surface area contributed by atoms with Gasteiger partial charge in [-0.3, -0.25) is 4.79 Å². The lowest BCUT2D eigenvalue weighted by Crippen LogP contribution is -2.04. The molecule has 0 spiro atoms. The zero-order valence-corrected chi connectivity index (χ0v) is 14.0. The molecule has 132 valence electrons. The smallest absolute Gasteiger partial charge is 0.387 e. The largest absolute Gasteiger partial charge is 0.507 e. The van der Waals surface area contributed by atoms with Crippen molar-refractivity contribution in [3.8, 4) is 17.2 Å². The quantitative estimate of drug-likeness (QED) is 0.616. The van der Waals surface area contributed by atoms with E-state index in [1.807, 2.05) is 0 Å². The maximum atomic E-state index is 12.3. The Morgan fingerprint density at radius 3 is 2.32 bits per heavy atom. The summed E-state index contributed by atoms with van der Waals surface area (Å²) >= 11 is 0. The van der Waals surface area contributed by atoms with E-state index in [2.05, 4.69) is 4.74 Å². The number of allylic oxidation sites excluding steroid dienone is 1. The Balaban J connectivity index is 2.23. The van der Waals surface area contributed by atoms with Gasteiger partial charge in [-0.25, -0.2) is 0 Å². The summed E-state index contributed by atoms with van der Waals surface area (Å²) in [5.41, 5.74) is 2.47. The van der Waals surface area contributed by atoms with Crippen molar-refractivity contribution in [2.24, 2.45) is 0 Å². The van der Waals surface area contributed by atoms with Gasteiger partial charge in [0, 0.05) is 5.56 Å². The summed E-state index contributed by atoms with van der Waals surface area (Å²) in [6, 6.07) is 7.51. The fraction of sp³-hybridized carbons (Fsp3) is 0.211. The molecule has 1 N–H and O–H groups in total. The molecule has 4 nitrogen and oxygen atoms in total. The molecule has 2 rings (SSSR count). The summed E-state index contributed by atoms with van der Waals surface area (Å²) < 4.78 is 34.0. The Bertz CT molecular complexity index is 790. The van der Waals surface area contributed by atoms with Crippen LogP contribution in [0.15, 0.2) is 36.4 Å². The highest BCUT2D eigenvalue weighted by Crippen LogP contribution is 2.30. The fourth-order valence-electron chi connectivity index (χ4n) is 2.37. The van der Waals surface area contributed by atoms with Crippen LogP contribution in [0, 0.1) is 13.8 Å². The molecule has 0 aromatic heterocycles. The van der Waals surface area contributed by atoms with Crippen molar-refractivity contribution in [3.05, 3.63) is 58.7 Å². The van der Waals surface area contributed by atoms with Gasteiger partial charge in [-0.05, 0) is 66.9 Å². The minimum Gasteiger partial charge on any atom is -0.507 e. The SMILES string of the molecule is COc1cc(C(=O)/C=C/c2cc(C)c(O)c(C)c2)ccc1OC(F)F. The van der Waals surface area contributed by atoms with Crippen LogP contribution < -0.4 is 9.47 Å². The molecule has 0 bridgehead atoms. The molecule has 0 radical (unpaired) electrons. The number of phenols is 1. The highest BCUT2D eigenvalue weighted by molar-refractivity contribution is 6.07. The predicted octanol–water partition coefficient (Wildman–Crippen LogP) is 4.52. The second-order valence-corrected chi connectivity index (χ2v) is 5.45. The number of halogens is 2. The third-order valence-electron chi connectivity index (χ3n) is 3.60. The van der Waals surface area contributed by atoms with Crippen LogP contribution in [0.5, 0.6) is 17.2 Å². The molecule has 0 atom stereocenters. The molecule has 6 heteroatoms. The maximum absolute atomic E-state index is 12.3. The molecule has 0 unspecified atom stereocenters. The Labute approximate surface area is 144 Å². The molecular formula is C19H18F2O4. The van der Waals surface area contributed by atoms with Crippen LogP contribution in [0.1, 0.15) is 27.0 Å². The van der Waals surface area contributed by atoms with Crippen molar-refractivity contribution in [1.29, 1.82) is 0 Å². The average Bonchev–Trinajstić information content (AvgIpc) is 2.57. The van der Waals surface area contributed by atoms with Crippen LogP contribution >= 0.6 is 0 Å². The lowest BCUT2D eigenvalue weighted by molar-refractivity contribution is -0.0512. The minimum atomic E-state index is -2.98. The first-order valence-electron chi connectivity index (χ1n) is 7.47. The van der Waals surface area contributed by atoms with E-state index in [0.29, 0.717) is 11.1 Å². The first-order chi connectivity index (χ1) is 11.8. The van der Waals surface area contributed by atoms with Gasteiger partial charge in [0.1, 0.15) is 5.75 Å². The molecule has 0 saturated heterocycles. The Hall–Kier alpha value is -2.89. The lowest BCUT2D eigenvalue weighted by Gasteiger charge is -2.10. The first kappa shape index (κ1) is 18.4. The highest BCUT2D eigenvalue weighted by Gasteiger charge is 2.13. The molecule has 2 aromatic carbocycles. The highest BCUT2D eigenvalue weighted by atomic mass is 19.3. The third-order valence-corrected chi connectivity index (χ3v) is 3.60. The van der Waals surface area contributed by atoms with Gasteiger partial charge in [0.25, 0.3) is 0 Å². The number of phenolic OH excluding ortho intramolecular Hbond substituents is 1. The van der Waals surface area contributed by atoms with Gasteiger partial charge in [-0.1, -0.05) is 6.08 Å². The molecule has 0 aliphatic carbocycles. The topological polar surface area (TPSA) is 55.8 Å². The summed E-state index contributed by atoms with van der Waals surface area (Å²) in [5.74, 6) is -0.174. The predicted molar refractivity (Wildman–Crippen MR) is 90.6 cm³/mol. The Kier molecular flexibility index (Phi) is 5.75. The van der Waals surface area contributed by atoms with E-state index in [9.17, 15) is 18.7 Å². The number of ketones is 1. The van der Waals surface area contributed by atoms with Crippen molar-refractivity contribution in [1.82, 2.24) is 0 Å². The number of carbonyl (C=O) groups excluding carboxylic acids is 1. The average molecular weight is 348 g/mol. The minimum absolute atomic E-state index is 0.0517. The standard InChI is InChI=1S/C19H18F2O4/c1-11-8-13(9-12(2)18(11)23)4-6-15(22)14-5-7-16(25-19(20)21)17(10-14)24-3/h4-10,19,23H,1-3H3/b6-4+. The molecule has 0 heterocycles. The molecule has 0 fully saturated rings. The van der Waals surface area contributed by atoms with E-state index in [1.165, 1.54) is 31.4 Å². The number of aryl methyl sites for hydroxylation is 2. The van der Waals surface area contributed by atoms with Crippen molar-refractivity contribution in [3.63, 3.8) is 0 Å². The summed E-state index contributed by atoms with van der Waals surface area (Å²) in [5, 5.41) is 9.76. The number of methoxy groups -OCH3 is 1. The van der Waals surface area contributed by atoms with E-state index in [0.717, 1.165) is 5.56 Å². The second kappa shape index (κ2) is 7.79. The first-order valence-corrected chi connectivity index (χ1v) is 7.47. The summed E-state index contributed by atoms with van der Waals surface area (Å²) in [6.45, 7) is 0.568. The summed E-state index contributed by atoms with van der Waals surface area (Å²) in [7, 11) is 1.31. The van der Waals surface area contributed by atoms with Gasteiger partial charge in [0.05, 0.1) is 7.11 Å². The van der Waals surface area contributed by atoms with Crippen LogP contribution in [0.2, 0.25) is 0 Å². The van der Waals surface area contributed by atoms with Crippen LogP contribution in [0.3, 0.4) is 0 Å². The molecule has 25 heavy (non-hydrogen) atoms. The summed E-state index contributed by atoms with van der Waals surface area (Å²) in [6.07, 6.45) is 2.99. The van der Waals surface area contributed by atoms with E-state index in [1.54, 1.807) is 32.1 Å². The van der Waals surface area contributed by atoms with E-state index >= 15 is 0 Å². The number of ether oxygens (including phenoxy) is 2. The monoisotopic (exact) mass is 348 g/mol. The van der Waals surface area contributed by atoms with Crippen LogP contribution in [-0.2, 0) is 0 Å². The molecule has 0 aliphatic heterocycles. The molecular weight excluding hydrogens is 330 g/mol. The van der Waals surface area contributed by atoms with Gasteiger partial charge in [0.15, 0.2) is 17.3 Å². The fourth-order valence-corrected chi connectivity index (χ4v) is 2.37.